The van der Waals surface area contributed by atoms with Crippen LogP contribution in [0.5, 0.6) is 5.75 Å². The molecule has 1 aromatic heterocycles. The van der Waals surface area contributed by atoms with Crippen LogP contribution in [-0.2, 0) is 9.31 Å². The zero-order valence-corrected chi connectivity index (χ0v) is 16.2. The van der Waals surface area contributed by atoms with Gasteiger partial charge in [-0.2, -0.15) is 0 Å². The Bertz CT molecular complexity index is 713. The smallest absolute Gasteiger partial charge is 0.485 e. The Labute approximate surface area is 153 Å². The standard InChI is InChI=1S/C18H22BClO3S/c1-12(14-8-6-7-9-15(14)20)21-13-10-16(24-11-13)19-22-17(2,3)18(4,5)23-19/h6-12H,1-5H3. The molecule has 0 spiro atoms. The number of benzene rings is 1. The first-order chi connectivity index (χ1) is 11.2. The highest BCUT2D eigenvalue weighted by Crippen LogP contribution is 2.37. The fourth-order valence-electron chi connectivity index (χ4n) is 2.55. The van der Waals surface area contributed by atoms with Gasteiger partial charge in [-0.3, -0.25) is 0 Å². The van der Waals surface area contributed by atoms with Crippen LogP contribution in [0, 0.1) is 0 Å². The van der Waals surface area contributed by atoms with Gasteiger partial charge < -0.3 is 14.0 Å². The van der Waals surface area contributed by atoms with Gasteiger partial charge in [-0.25, -0.2) is 0 Å². The molecule has 1 atom stereocenters. The van der Waals surface area contributed by atoms with Crippen molar-refractivity contribution < 1.29 is 14.0 Å². The van der Waals surface area contributed by atoms with Gasteiger partial charge in [-0.1, -0.05) is 29.8 Å². The van der Waals surface area contributed by atoms with Crippen LogP contribution in [0.2, 0.25) is 5.02 Å². The summed E-state index contributed by atoms with van der Waals surface area (Å²) >= 11 is 7.82. The van der Waals surface area contributed by atoms with Crippen molar-refractivity contribution in [2.24, 2.45) is 0 Å². The predicted octanol–water partition coefficient (Wildman–Crippen LogP) is 4.84. The lowest BCUT2D eigenvalue weighted by molar-refractivity contribution is 0.00578. The van der Waals surface area contributed by atoms with Gasteiger partial charge in [0.05, 0.1) is 11.2 Å². The van der Waals surface area contributed by atoms with Crippen LogP contribution in [0.25, 0.3) is 0 Å². The molecule has 6 heteroatoms. The third-order valence-electron chi connectivity index (χ3n) is 4.74. The van der Waals surface area contributed by atoms with Crippen LogP contribution in [-0.4, -0.2) is 18.3 Å². The molecule has 1 aliphatic heterocycles. The predicted molar refractivity (Wildman–Crippen MR) is 101 cm³/mol. The summed E-state index contributed by atoms with van der Waals surface area (Å²) in [5.41, 5.74) is 0.295. The van der Waals surface area contributed by atoms with Gasteiger partial charge >= 0.3 is 7.12 Å². The molecule has 24 heavy (non-hydrogen) atoms. The second-order valence-corrected chi connectivity index (χ2v) is 8.40. The number of ether oxygens (including phenoxy) is 1. The van der Waals surface area contributed by atoms with E-state index in [0.717, 1.165) is 16.1 Å². The van der Waals surface area contributed by atoms with Crippen molar-refractivity contribution in [3.8, 4) is 5.75 Å². The van der Waals surface area contributed by atoms with E-state index in [9.17, 15) is 0 Å². The Morgan fingerprint density at radius 2 is 1.75 bits per heavy atom. The monoisotopic (exact) mass is 364 g/mol. The zero-order valence-electron chi connectivity index (χ0n) is 14.6. The molecule has 0 N–H and O–H groups in total. The maximum absolute atomic E-state index is 6.24. The number of hydrogen-bond acceptors (Lipinski definition) is 4. The Kier molecular flexibility index (Phi) is 4.73. The lowest BCUT2D eigenvalue weighted by atomic mass is 9.88. The minimum Gasteiger partial charge on any atom is -0.485 e. The van der Waals surface area contributed by atoms with Gasteiger partial charge in [0.15, 0.2) is 0 Å². The van der Waals surface area contributed by atoms with Crippen molar-refractivity contribution in [1.29, 1.82) is 0 Å². The molecule has 3 rings (SSSR count). The van der Waals surface area contributed by atoms with E-state index in [-0.39, 0.29) is 24.4 Å². The van der Waals surface area contributed by atoms with E-state index in [0.29, 0.717) is 5.02 Å². The largest absolute Gasteiger partial charge is 0.505 e. The van der Waals surface area contributed by atoms with Crippen molar-refractivity contribution in [3.63, 3.8) is 0 Å². The Hall–Kier alpha value is -1.01. The third-order valence-corrected chi connectivity index (χ3v) is 6.01. The van der Waals surface area contributed by atoms with Crippen LogP contribution < -0.4 is 9.51 Å². The molecule has 2 aromatic rings. The van der Waals surface area contributed by atoms with Crippen molar-refractivity contribution in [2.75, 3.05) is 0 Å². The van der Waals surface area contributed by atoms with Crippen molar-refractivity contribution in [2.45, 2.75) is 51.9 Å². The van der Waals surface area contributed by atoms with Gasteiger partial charge in [0, 0.05) is 20.7 Å². The summed E-state index contributed by atoms with van der Waals surface area (Å²) in [5.74, 6) is 0.803. The van der Waals surface area contributed by atoms with Crippen LogP contribution >= 0.6 is 22.9 Å². The molecule has 1 aromatic carbocycles. The topological polar surface area (TPSA) is 27.7 Å². The van der Waals surface area contributed by atoms with Crippen LogP contribution in [0.4, 0.5) is 0 Å². The lowest BCUT2D eigenvalue weighted by Crippen LogP contribution is -2.41. The van der Waals surface area contributed by atoms with E-state index in [1.165, 1.54) is 0 Å². The van der Waals surface area contributed by atoms with E-state index in [2.05, 4.69) is 27.7 Å². The molecular formula is C18H22BClO3S. The quantitative estimate of drug-likeness (QED) is 0.726. The van der Waals surface area contributed by atoms with E-state index >= 15 is 0 Å². The minimum atomic E-state index is -0.354. The van der Waals surface area contributed by atoms with E-state index in [1.54, 1.807) is 11.3 Å². The van der Waals surface area contributed by atoms with Crippen LogP contribution in [0.3, 0.4) is 0 Å². The molecule has 1 unspecified atom stereocenters. The second-order valence-electron chi connectivity index (χ2n) is 7.05. The fourth-order valence-corrected chi connectivity index (χ4v) is 3.61. The van der Waals surface area contributed by atoms with Crippen LogP contribution in [0.1, 0.15) is 46.3 Å². The second kappa shape index (κ2) is 6.38. The van der Waals surface area contributed by atoms with Crippen LogP contribution in [0.15, 0.2) is 35.7 Å². The summed E-state index contributed by atoms with van der Waals surface area (Å²) in [6.07, 6.45) is -0.126. The summed E-state index contributed by atoms with van der Waals surface area (Å²) in [6, 6.07) is 9.72. The maximum atomic E-state index is 6.24. The molecule has 1 saturated heterocycles. The van der Waals surface area contributed by atoms with Gasteiger partial charge in [0.25, 0.3) is 0 Å². The molecule has 1 aliphatic rings. The van der Waals surface area contributed by atoms with Gasteiger partial charge in [-0.05, 0) is 46.8 Å². The van der Waals surface area contributed by atoms with Gasteiger partial charge in [-0.15, -0.1) is 11.3 Å². The number of halogens is 1. The van der Waals surface area contributed by atoms with Crippen molar-refractivity contribution >= 4 is 34.8 Å². The van der Waals surface area contributed by atoms with E-state index < -0.39 is 0 Å². The molecule has 128 valence electrons. The maximum Gasteiger partial charge on any atom is 0.505 e. The molecule has 2 heterocycles. The first kappa shape index (κ1) is 17.8. The summed E-state index contributed by atoms with van der Waals surface area (Å²) in [6.45, 7) is 10.2. The molecule has 0 amide bonds. The van der Waals surface area contributed by atoms with Crippen molar-refractivity contribution in [1.82, 2.24) is 0 Å². The molecule has 1 fully saturated rings. The molecule has 0 aliphatic carbocycles. The highest BCUT2D eigenvalue weighted by atomic mass is 35.5. The zero-order chi connectivity index (χ0) is 17.5. The highest BCUT2D eigenvalue weighted by molar-refractivity contribution is 7.21. The first-order valence-corrected chi connectivity index (χ1v) is 9.30. The Morgan fingerprint density at radius 3 is 2.38 bits per heavy atom. The van der Waals surface area contributed by atoms with Crippen molar-refractivity contribution in [3.05, 3.63) is 46.3 Å². The molecule has 0 bridgehead atoms. The Balaban J connectivity index is 1.72. The lowest BCUT2D eigenvalue weighted by Gasteiger charge is -2.32. The van der Waals surface area contributed by atoms with E-state index in [1.807, 2.05) is 42.6 Å². The third kappa shape index (κ3) is 3.36. The first-order valence-electron chi connectivity index (χ1n) is 8.05. The molecule has 3 nitrogen and oxygen atoms in total. The van der Waals surface area contributed by atoms with Gasteiger partial charge in [0.2, 0.25) is 0 Å². The summed E-state index contributed by atoms with van der Waals surface area (Å²) in [7, 11) is -0.354. The van der Waals surface area contributed by atoms with Gasteiger partial charge in [0.1, 0.15) is 11.9 Å². The molecular weight excluding hydrogens is 343 g/mol. The number of rotatable bonds is 4. The fraction of sp³-hybridized carbons (Fsp3) is 0.444. The molecule has 0 radical (unpaired) electrons. The average molecular weight is 365 g/mol. The average Bonchev–Trinajstić information content (AvgIpc) is 3.02. The summed E-state index contributed by atoms with van der Waals surface area (Å²) < 4.78 is 19.2. The normalized spacial score (nSPS) is 20.2. The number of thiophene rings is 1. The highest BCUT2D eigenvalue weighted by Gasteiger charge is 2.52. The summed E-state index contributed by atoms with van der Waals surface area (Å²) in [4.78, 5) is 0. The summed E-state index contributed by atoms with van der Waals surface area (Å²) in [5, 5.41) is 2.69. The Morgan fingerprint density at radius 1 is 1.12 bits per heavy atom. The molecule has 0 saturated carbocycles. The number of hydrogen-bond donors (Lipinski definition) is 0. The minimum absolute atomic E-state index is 0.126. The van der Waals surface area contributed by atoms with E-state index in [4.69, 9.17) is 25.6 Å². The SMILES string of the molecule is CC(Oc1csc(B2OC(C)(C)C(C)(C)O2)c1)c1ccccc1Cl.